The van der Waals surface area contributed by atoms with Gasteiger partial charge in [0, 0.05) is 28.9 Å². The molecule has 0 saturated carbocycles. The highest BCUT2D eigenvalue weighted by Crippen LogP contribution is 2.34. The van der Waals surface area contributed by atoms with E-state index in [1.807, 2.05) is 0 Å². The molecule has 0 aliphatic carbocycles. The molecule has 0 spiro atoms. The summed E-state index contributed by atoms with van der Waals surface area (Å²) in [6.45, 7) is -0.304. The van der Waals surface area contributed by atoms with Crippen molar-refractivity contribution in [1.82, 2.24) is 14.5 Å². The Hall–Kier alpha value is -3.52. The number of nitrogens with one attached hydrogen (secondary N) is 1. The van der Waals surface area contributed by atoms with Crippen molar-refractivity contribution in [2.75, 3.05) is 0 Å². The minimum absolute atomic E-state index is 0.0605. The van der Waals surface area contributed by atoms with Crippen LogP contribution in [0.15, 0.2) is 53.6 Å². The van der Waals surface area contributed by atoms with Crippen LogP contribution < -0.4 is 5.56 Å². The van der Waals surface area contributed by atoms with Gasteiger partial charge >= 0.3 is 5.97 Å². The van der Waals surface area contributed by atoms with Crippen molar-refractivity contribution in [2.45, 2.75) is 6.54 Å². The van der Waals surface area contributed by atoms with E-state index in [2.05, 4.69) is 9.97 Å². The standard InChI is InChI=1S/C20H12ClF2N3O3/c21-11-7-14-16(13-2-1-5-24-19(13)27)17(20(28)29)26(18(14)25-8-11)9-10-6-12(22)3-4-15(10)23/h1-8H,9H2,(H,24,27)(H,28,29). The van der Waals surface area contributed by atoms with Gasteiger partial charge in [-0.25, -0.2) is 18.6 Å². The molecule has 2 N–H and O–H groups in total. The number of aromatic amines is 1. The van der Waals surface area contributed by atoms with Crippen LogP contribution in [0, 0.1) is 11.6 Å². The number of carboxylic acids is 1. The lowest BCUT2D eigenvalue weighted by atomic mass is 10.0. The number of carboxylic acid groups (broad SMARTS) is 1. The highest BCUT2D eigenvalue weighted by atomic mass is 35.5. The topological polar surface area (TPSA) is 88.0 Å². The minimum Gasteiger partial charge on any atom is -0.477 e. The summed E-state index contributed by atoms with van der Waals surface area (Å²) in [6, 6.07) is 7.42. The second kappa shape index (κ2) is 7.14. The minimum atomic E-state index is -1.35. The van der Waals surface area contributed by atoms with Crippen LogP contribution in [0.1, 0.15) is 16.1 Å². The monoisotopic (exact) mass is 415 g/mol. The Morgan fingerprint density at radius 1 is 1.24 bits per heavy atom. The van der Waals surface area contributed by atoms with Gasteiger partial charge < -0.3 is 14.7 Å². The summed E-state index contributed by atoms with van der Waals surface area (Å²) in [5, 5.41) is 10.5. The summed E-state index contributed by atoms with van der Waals surface area (Å²) in [5.41, 5.74) is -0.483. The lowest BCUT2D eigenvalue weighted by Gasteiger charge is -2.10. The molecule has 0 saturated heterocycles. The zero-order valence-corrected chi connectivity index (χ0v) is 15.4. The van der Waals surface area contributed by atoms with E-state index in [1.54, 1.807) is 6.07 Å². The van der Waals surface area contributed by atoms with Gasteiger partial charge in [-0.1, -0.05) is 11.6 Å². The molecular formula is C20H12ClF2N3O3. The van der Waals surface area contributed by atoms with Gasteiger partial charge in [0.15, 0.2) is 0 Å². The first-order valence-electron chi connectivity index (χ1n) is 8.40. The van der Waals surface area contributed by atoms with Gasteiger partial charge in [-0.2, -0.15) is 0 Å². The number of halogens is 3. The van der Waals surface area contributed by atoms with Crippen molar-refractivity contribution >= 4 is 28.6 Å². The molecule has 29 heavy (non-hydrogen) atoms. The number of H-pyrrole nitrogens is 1. The van der Waals surface area contributed by atoms with Crippen molar-refractivity contribution in [3.63, 3.8) is 0 Å². The fraction of sp³-hybridized carbons (Fsp3) is 0.0500. The molecule has 146 valence electrons. The van der Waals surface area contributed by atoms with E-state index in [-0.39, 0.29) is 39.6 Å². The average molecular weight is 416 g/mol. The Kier molecular flexibility index (Phi) is 4.63. The maximum absolute atomic E-state index is 14.2. The highest BCUT2D eigenvalue weighted by molar-refractivity contribution is 6.31. The van der Waals surface area contributed by atoms with Crippen LogP contribution in [0.3, 0.4) is 0 Å². The second-order valence-electron chi connectivity index (χ2n) is 6.29. The predicted molar refractivity (Wildman–Crippen MR) is 103 cm³/mol. The molecule has 3 aromatic heterocycles. The van der Waals surface area contributed by atoms with E-state index in [0.29, 0.717) is 5.39 Å². The number of fused-ring (bicyclic) bond motifs is 1. The quantitative estimate of drug-likeness (QED) is 0.526. The molecule has 0 amide bonds. The number of carbonyl (C=O) groups is 1. The van der Waals surface area contributed by atoms with E-state index in [4.69, 9.17) is 11.6 Å². The Labute approximate surface area is 167 Å². The third-order valence-corrected chi connectivity index (χ3v) is 4.70. The number of benzene rings is 1. The summed E-state index contributed by atoms with van der Waals surface area (Å²) in [4.78, 5) is 31.2. The number of nitrogens with zero attached hydrogens (tertiary/aromatic N) is 2. The zero-order valence-electron chi connectivity index (χ0n) is 14.6. The van der Waals surface area contributed by atoms with Gasteiger partial charge in [-0.3, -0.25) is 4.79 Å². The molecule has 0 bridgehead atoms. The molecule has 0 radical (unpaired) electrons. The van der Waals surface area contributed by atoms with Crippen LogP contribution in [0.4, 0.5) is 8.78 Å². The van der Waals surface area contributed by atoms with Gasteiger partial charge in [0.25, 0.3) is 5.56 Å². The molecule has 1 aromatic carbocycles. The van der Waals surface area contributed by atoms with Gasteiger partial charge in [0.1, 0.15) is 23.0 Å². The first-order chi connectivity index (χ1) is 13.9. The molecule has 0 atom stereocenters. The number of hydrogen-bond acceptors (Lipinski definition) is 3. The van der Waals surface area contributed by atoms with Gasteiger partial charge in [0.05, 0.1) is 17.1 Å². The molecule has 0 aliphatic rings. The van der Waals surface area contributed by atoms with Crippen molar-refractivity contribution in [1.29, 1.82) is 0 Å². The van der Waals surface area contributed by atoms with Crippen molar-refractivity contribution < 1.29 is 18.7 Å². The summed E-state index contributed by atoms with van der Waals surface area (Å²) < 4.78 is 29.1. The highest BCUT2D eigenvalue weighted by Gasteiger charge is 2.26. The number of pyridine rings is 2. The molecular weight excluding hydrogens is 404 g/mol. The zero-order chi connectivity index (χ0) is 20.7. The van der Waals surface area contributed by atoms with Crippen LogP contribution in [-0.2, 0) is 6.54 Å². The van der Waals surface area contributed by atoms with Crippen molar-refractivity contribution in [3.05, 3.63) is 87.1 Å². The lowest BCUT2D eigenvalue weighted by Crippen LogP contribution is -2.14. The van der Waals surface area contributed by atoms with Gasteiger partial charge in [-0.15, -0.1) is 0 Å². The van der Waals surface area contributed by atoms with Crippen LogP contribution >= 0.6 is 11.6 Å². The van der Waals surface area contributed by atoms with Crippen LogP contribution in [0.25, 0.3) is 22.2 Å². The van der Waals surface area contributed by atoms with Crippen LogP contribution in [-0.4, -0.2) is 25.6 Å². The Morgan fingerprint density at radius 2 is 2.03 bits per heavy atom. The van der Waals surface area contributed by atoms with E-state index >= 15 is 0 Å². The van der Waals surface area contributed by atoms with Gasteiger partial charge in [-0.05, 0) is 36.4 Å². The smallest absolute Gasteiger partial charge is 0.353 e. The fourth-order valence-corrected chi connectivity index (χ4v) is 3.46. The van der Waals surface area contributed by atoms with E-state index in [9.17, 15) is 23.5 Å². The molecule has 4 rings (SSSR count). The Bertz CT molecular complexity index is 1330. The normalized spacial score (nSPS) is 11.1. The number of rotatable bonds is 4. The Balaban J connectivity index is 2.08. The fourth-order valence-electron chi connectivity index (χ4n) is 3.30. The summed E-state index contributed by atoms with van der Waals surface area (Å²) in [5.74, 6) is -2.71. The summed E-state index contributed by atoms with van der Waals surface area (Å²) >= 11 is 6.05. The van der Waals surface area contributed by atoms with E-state index < -0.39 is 23.2 Å². The lowest BCUT2D eigenvalue weighted by molar-refractivity contribution is 0.0687. The maximum Gasteiger partial charge on any atom is 0.353 e. The third kappa shape index (κ3) is 3.27. The Morgan fingerprint density at radius 3 is 2.76 bits per heavy atom. The third-order valence-electron chi connectivity index (χ3n) is 4.49. The number of aromatic nitrogens is 3. The number of aromatic carboxylic acids is 1. The molecule has 9 heteroatoms. The van der Waals surface area contributed by atoms with E-state index in [0.717, 1.165) is 18.2 Å². The second-order valence-corrected chi connectivity index (χ2v) is 6.72. The maximum atomic E-state index is 14.2. The largest absolute Gasteiger partial charge is 0.477 e. The molecule has 6 nitrogen and oxygen atoms in total. The molecule has 3 heterocycles. The summed E-state index contributed by atoms with van der Waals surface area (Å²) in [7, 11) is 0. The summed E-state index contributed by atoms with van der Waals surface area (Å²) in [6.07, 6.45) is 2.73. The van der Waals surface area contributed by atoms with Crippen molar-refractivity contribution in [2.24, 2.45) is 0 Å². The van der Waals surface area contributed by atoms with E-state index in [1.165, 1.54) is 29.1 Å². The number of hydrogen-bond donors (Lipinski definition) is 2. The SMILES string of the molecule is O=C(O)c1c(-c2ccc[nH]c2=O)c2cc(Cl)cnc2n1Cc1cc(F)ccc1F. The molecule has 0 fully saturated rings. The van der Waals surface area contributed by atoms with Crippen LogP contribution in [0.5, 0.6) is 0 Å². The van der Waals surface area contributed by atoms with Crippen molar-refractivity contribution in [3.8, 4) is 11.1 Å². The first-order valence-corrected chi connectivity index (χ1v) is 8.77. The van der Waals surface area contributed by atoms with Gasteiger partial charge in [0.2, 0.25) is 0 Å². The molecule has 0 unspecified atom stereocenters. The van der Waals surface area contributed by atoms with Crippen LogP contribution in [0.2, 0.25) is 5.02 Å². The molecule has 0 aliphatic heterocycles. The first kappa shape index (κ1) is 18.8. The average Bonchev–Trinajstić information content (AvgIpc) is 2.98. The predicted octanol–water partition coefficient (Wildman–Crippen LogP) is 4.07. The molecule has 4 aromatic rings.